The maximum atomic E-state index is 12.6. The molecule has 0 aliphatic carbocycles. The van der Waals surface area contributed by atoms with Gasteiger partial charge in [-0.05, 0) is 19.1 Å². The third-order valence-corrected chi connectivity index (χ3v) is 2.86. The monoisotopic (exact) mass is 311 g/mol. The fourth-order valence-electron chi connectivity index (χ4n) is 1.51. The van der Waals surface area contributed by atoms with Crippen LogP contribution in [0.4, 0.5) is 13.2 Å². The Hall–Kier alpha value is -1.47. The molecule has 2 rings (SSSR count). The van der Waals surface area contributed by atoms with E-state index in [0.717, 1.165) is 4.68 Å². The van der Waals surface area contributed by atoms with Crippen molar-refractivity contribution in [1.29, 1.82) is 0 Å². The van der Waals surface area contributed by atoms with Crippen LogP contribution in [-0.2, 0) is 6.18 Å². The van der Waals surface area contributed by atoms with Crippen LogP contribution in [0.3, 0.4) is 0 Å². The maximum Gasteiger partial charge on any atom is 0.416 e. The van der Waals surface area contributed by atoms with Gasteiger partial charge in [0.05, 0.1) is 15.6 Å². The number of H-pyrrole nitrogens is 1. The molecule has 102 valence electrons. The summed E-state index contributed by atoms with van der Waals surface area (Å²) in [5, 5.41) is 3.17. The van der Waals surface area contributed by atoms with E-state index in [2.05, 4.69) is 10.1 Å². The summed E-state index contributed by atoms with van der Waals surface area (Å²) in [7, 11) is 0. The highest BCUT2D eigenvalue weighted by atomic mass is 35.5. The molecule has 0 unspecified atom stereocenters. The van der Waals surface area contributed by atoms with Crippen molar-refractivity contribution in [3.8, 4) is 5.69 Å². The van der Waals surface area contributed by atoms with Crippen LogP contribution >= 0.6 is 23.2 Å². The molecule has 0 aliphatic heterocycles. The first-order valence-electron chi connectivity index (χ1n) is 4.92. The summed E-state index contributed by atoms with van der Waals surface area (Å²) in [4.78, 5) is 13.9. The van der Waals surface area contributed by atoms with Gasteiger partial charge in [0.25, 0.3) is 0 Å². The van der Waals surface area contributed by atoms with Crippen LogP contribution < -0.4 is 5.69 Å². The van der Waals surface area contributed by atoms with Crippen LogP contribution in [0.5, 0.6) is 0 Å². The number of halogens is 5. The number of rotatable bonds is 1. The Kier molecular flexibility index (Phi) is 3.36. The second-order valence-electron chi connectivity index (χ2n) is 3.71. The molecule has 1 heterocycles. The van der Waals surface area contributed by atoms with E-state index in [-0.39, 0.29) is 21.6 Å². The van der Waals surface area contributed by atoms with E-state index in [0.29, 0.717) is 12.1 Å². The smallest absolute Gasteiger partial charge is 0.293 e. The van der Waals surface area contributed by atoms with Crippen LogP contribution in [0.2, 0.25) is 10.0 Å². The fourth-order valence-corrected chi connectivity index (χ4v) is 2.16. The predicted octanol–water partition coefficient (Wildman–Crippen LogP) is 3.19. The first kappa shape index (κ1) is 14.0. The number of hydrogen-bond acceptors (Lipinski definition) is 2. The molecule has 1 aromatic heterocycles. The predicted molar refractivity (Wildman–Crippen MR) is 63.9 cm³/mol. The quantitative estimate of drug-likeness (QED) is 0.879. The number of nitrogens with zero attached hydrogens (tertiary/aromatic N) is 2. The van der Waals surface area contributed by atoms with Gasteiger partial charge in [-0.1, -0.05) is 23.2 Å². The maximum absolute atomic E-state index is 12.6. The van der Waals surface area contributed by atoms with Crippen molar-refractivity contribution in [2.45, 2.75) is 13.1 Å². The number of benzene rings is 1. The van der Waals surface area contributed by atoms with Crippen molar-refractivity contribution in [2.75, 3.05) is 0 Å². The van der Waals surface area contributed by atoms with Gasteiger partial charge in [-0.25, -0.2) is 4.79 Å². The van der Waals surface area contributed by atoms with Gasteiger partial charge in [0.2, 0.25) is 0 Å². The van der Waals surface area contributed by atoms with E-state index in [1.54, 1.807) is 0 Å². The summed E-state index contributed by atoms with van der Waals surface area (Å²) >= 11 is 11.5. The van der Waals surface area contributed by atoms with Crippen LogP contribution in [0, 0.1) is 6.92 Å². The average Bonchev–Trinajstić information content (AvgIpc) is 2.55. The standard InChI is InChI=1S/C10H6Cl2F3N3O/c1-4-16-9(19)18(17-4)8-6(11)2-5(3-7(8)12)10(13,14)15/h2-3H,1H3,(H,16,17,19). The minimum absolute atomic E-state index is 0.0920. The highest BCUT2D eigenvalue weighted by Gasteiger charge is 2.32. The summed E-state index contributed by atoms with van der Waals surface area (Å²) in [5.41, 5.74) is -1.72. The zero-order valence-corrected chi connectivity index (χ0v) is 10.9. The van der Waals surface area contributed by atoms with Gasteiger partial charge in [0.15, 0.2) is 0 Å². The van der Waals surface area contributed by atoms with Crippen molar-refractivity contribution in [3.63, 3.8) is 0 Å². The van der Waals surface area contributed by atoms with Crippen LogP contribution in [0.15, 0.2) is 16.9 Å². The van der Waals surface area contributed by atoms with E-state index >= 15 is 0 Å². The summed E-state index contributed by atoms with van der Waals surface area (Å²) < 4.78 is 38.5. The minimum Gasteiger partial charge on any atom is -0.293 e. The SMILES string of the molecule is Cc1nn(-c2c(Cl)cc(C(F)(F)F)cc2Cl)c(=O)[nH]1. The van der Waals surface area contributed by atoms with Gasteiger partial charge in [0, 0.05) is 0 Å². The first-order valence-corrected chi connectivity index (χ1v) is 5.68. The summed E-state index contributed by atoms with van der Waals surface area (Å²) in [5.74, 6) is 0.289. The molecule has 0 saturated heterocycles. The van der Waals surface area contributed by atoms with E-state index in [1.807, 2.05) is 0 Å². The molecule has 19 heavy (non-hydrogen) atoms. The van der Waals surface area contributed by atoms with E-state index in [4.69, 9.17) is 23.2 Å². The molecule has 1 aromatic carbocycles. The lowest BCUT2D eigenvalue weighted by Crippen LogP contribution is -2.17. The molecule has 4 nitrogen and oxygen atoms in total. The van der Waals surface area contributed by atoms with Crippen molar-refractivity contribution in [2.24, 2.45) is 0 Å². The lowest BCUT2D eigenvalue weighted by molar-refractivity contribution is -0.137. The summed E-state index contributed by atoms with van der Waals surface area (Å²) in [6.45, 7) is 1.52. The third-order valence-electron chi connectivity index (χ3n) is 2.29. The van der Waals surface area contributed by atoms with Crippen LogP contribution in [0.25, 0.3) is 5.69 Å². The Morgan fingerprint density at radius 2 is 1.79 bits per heavy atom. The normalized spacial score (nSPS) is 11.9. The second kappa shape index (κ2) is 4.57. The number of nitrogens with one attached hydrogen (secondary N) is 1. The van der Waals surface area contributed by atoms with Crippen molar-refractivity contribution in [3.05, 3.63) is 44.1 Å². The van der Waals surface area contributed by atoms with Crippen LogP contribution in [-0.4, -0.2) is 14.8 Å². The third kappa shape index (κ3) is 2.62. The van der Waals surface area contributed by atoms with Crippen molar-refractivity contribution >= 4 is 23.2 Å². The van der Waals surface area contributed by atoms with Gasteiger partial charge < -0.3 is 0 Å². The van der Waals surface area contributed by atoms with Gasteiger partial charge in [-0.15, -0.1) is 0 Å². The number of alkyl halides is 3. The molecule has 0 radical (unpaired) electrons. The number of hydrogen-bond donors (Lipinski definition) is 1. The molecule has 0 amide bonds. The molecule has 0 bridgehead atoms. The Morgan fingerprint density at radius 1 is 1.26 bits per heavy atom. The topological polar surface area (TPSA) is 50.7 Å². The van der Waals surface area contributed by atoms with Crippen molar-refractivity contribution in [1.82, 2.24) is 14.8 Å². The van der Waals surface area contributed by atoms with E-state index in [9.17, 15) is 18.0 Å². The Labute approximate surface area is 114 Å². The summed E-state index contributed by atoms with van der Waals surface area (Å²) in [6, 6.07) is 1.39. The Balaban J connectivity index is 2.67. The van der Waals surface area contributed by atoms with E-state index in [1.165, 1.54) is 6.92 Å². The molecule has 0 fully saturated rings. The molecule has 9 heteroatoms. The molecule has 2 aromatic rings. The molecule has 0 aliphatic rings. The number of aryl methyl sites for hydroxylation is 1. The fraction of sp³-hybridized carbons (Fsp3) is 0.200. The van der Waals surface area contributed by atoms with Crippen molar-refractivity contribution < 1.29 is 13.2 Å². The highest BCUT2D eigenvalue weighted by Crippen LogP contribution is 2.36. The molecule has 0 spiro atoms. The van der Waals surface area contributed by atoms with Gasteiger partial charge in [-0.2, -0.15) is 23.0 Å². The molecule has 0 atom stereocenters. The molecular formula is C10H6Cl2F3N3O. The first-order chi connectivity index (χ1) is 8.70. The Bertz CT molecular complexity index is 667. The zero-order chi connectivity index (χ0) is 14.4. The van der Waals surface area contributed by atoms with Crippen LogP contribution in [0.1, 0.15) is 11.4 Å². The molecule has 1 N–H and O–H groups in total. The highest BCUT2D eigenvalue weighted by molar-refractivity contribution is 6.37. The van der Waals surface area contributed by atoms with Gasteiger partial charge in [0.1, 0.15) is 11.5 Å². The van der Waals surface area contributed by atoms with Gasteiger partial charge in [-0.3, -0.25) is 4.98 Å². The molecule has 0 saturated carbocycles. The lowest BCUT2D eigenvalue weighted by atomic mass is 10.2. The number of aromatic nitrogens is 3. The zero-order valence-electron chi connectivity index (χ0n) is 9.35. The minimum atomic E-state index is -4.57. The largest absolute Gasteiger partial charge is 0.416 e. The lowest BCUT2D eigenvalue weighted by Gasteiger charge is -2.11. The van der Waals surface area contributed by atoms with Gasteiger partial charge >= 0.3 is 11.9 Å². The second-order valence-corrected chi connectivity index (χ2v) is 4.53. The average molecular weight is 312 g/mol. The van der Waals surface area contributed by atoms with E-state index < -0.39 is 17.4 Å². The Morgan fingerprint density at radius 3 is 2.16 bits per heavy atom. The number of aromatic amines is 1. The molecular weight excluding hydrogens is 306 g/mol. The summed E-state index contributed by atoms with van der Waals surface area (Å²) in [6.07, 6.45) is -4.57.